The van der Waals surface area contributed by atoms with Gasteiger partial charge in [0.2, 0.25) is 5.79 Å². The Bertz CT molecular complexity index is 737. The number of amides is 2. The molecule has 0 unspecified atom stereocenters. The van der Waals surface area contributed by atoms with Crippen molar-refractivity contribution in [2.45, 2.75) is 77.2 Å². The molecule has 0 radical (unpaired) electrons. The lowest BCUT2D eigenvalue weighted by atomic mass is 9.98. The van der Waals surface area contributed by atoms with Crippen LogP contribution in [0.4, 0.5) is 4.79 Å². The van der Waals surface area contributed by atoms with Gasteiger partial charge in [0, 0.05) is 13.1 Å². The number of ether oxygens (including phenoxy) is 5. The van der Waals surface area contributed by atoms with Crippen LogP contribution in [0.5, 0.6) is 0 Å². The van der Waals surface area contributed by atoms with Crippen LogP contribution in [0, 0.1) is 0 Å². The number of hydrogen-bond acceptors (Lipinski definition) is 9. The van der Waals surface area contributed by atoms with E-state index in [1.165, 1.54) is 4.90 Å². The molecule has 0 aromatic rings. The van der Waals surface area contributed by atoms with Crippen molar-refractivity contribution in [2.24, 2.45) is 0 Å². The molecule has 3 aliphatic rings. The van der Waals surface area contributed by atoms with Crippen LogP contribution in [0.1, 0.15) is 41.5 Å². The van der Waals surface area contributed by atoms with Gasteiger partial charge in [0.1, 0.15) is 24.9 Å². The average molecular weight is 438 g/mol. The maximum Gasteiger partial charge on any atom is 0.363 e. The number of carbonyl (C=O) groups is 1. The minimum Gasteiger partial charge on any atom is -0.343 e. The molecular formula is C17H30N2O9S. The third kappa shape index (κ3) is 4.68. The van der Waals surface area contributed by atoms with Crippen LogP contribution in [-0.4, -0.2) is 81.3 Å². The van der Waals surface area contributed by atoms with Crippen LogP contribution in [0.15, 0.2) is 0 Å². The molecule has 1 N–H and O–H groups in total. The van der Waals surface area contributed by atoms with Crippen LogP contribution >= 0.6 is 0 Å². The van der Waals surface area contributed by atoms with Crippen molar-refractivity contribution in [3.05, 3.63) is 0 Å². The van der Waals surface area contributed by atoms with Gasteiger partial charge in [-0.1, -0.05) is 0 Å². The SMILES string of the molecule is CCN(CC)C(=O)NS(=O)(=O)OC[C@]12OC[C@@H]3OC(C)(C)O[C@@H]3[C@H]1OC(C)(C)O2. The molecule has 0 aliphatic carbocycles. The van der Waals surface area contributed by atoms with E-state index in [-0.39, 0.29) is 12.7 Å². The van der Waals surface area contributed by atoms with Crippen molar-refractivity contribution in [3.8, 4) is 0 Å². The van der Waals surface area contributed by atoms with Gasteiger partial charge in [0.05, 0.1) is 6.61 Å². The van der Waals surface area contributed by atoms with Gasteiger partial charge in [-0.05, 0) is 41.5 Å². The average Bonchev–Trinajstić information content (AvgIpc) is 3.05. The Morgan fingerprint density at radius 2 is 1.76 bits per heavy atom. The van der Waals surface area contributed by atoms with Crippen LogP contribution in [0.25, 0.3) is 0 Å². The van der Waals surface area contributed by atoms with Gasteiger partial charge in [-0.2, -0.15) is 8.42 Å². The Kier molecular flexibility index (Phi) is 5.93. The van der Waals surface area contributed by atoms with Crippen molar-refractivity contribution < 1.29 is 41.1 Å². The smallest absolute Gasteiger partial charge is 0.343 e. The highest BCUT2D eigenvalue weighted by molar-refractivity contribution is 7.85. The zero-order chi connectivity index (χ0) is 21.7. The molecule has 11 nitrogen and oxygen atoms in total. The van der Waals surface area contributed by atoms with E-state index < -0.39 is 52.5 Å². The van der Waals surface area contributed by atoms with Gasteiger partial charge in [-0.3, -0.25) is 0 Å². The number of fused-ring (bicyclic) bond motifs is 3. The van der Waals surface area contributed by atoms with Crippen molar-refractivity contribution in [2.75, 3.05) is 26.3 Å². The van der Waals surface area contributed by atoms with Gasteiger partial charge < -0.3 is 28.6 Å². The lowest BCUT2D eigenvalue weighted by Crippen LogP contribution is -2.61. The zero-order valence-corrected chi connectivity index (χ0v) is 18.4. The van der Waals surface area contributed by atoms with E-state index in [9.17, 15) is 13.2 Å². The van der Waals surface area contributed by atoms with Gasteiger partial charge in [0.15, 0.2) is 11.6 Å². The summed E-state index contributed by atoms with van der Waals surface area (Å²) < 4.78 is 61.1. The molecule has 0 spiro atoms. The summed E-state index contributed by atoms with van der Waals surface area (Å²) in [4.78, 5) is 13.4. The summed E-state index contributed by atoms with van der Waals surface area (Å²) >= 11 is 0. The van der Waals surface area contributed by atoms with Crippen LogP contribution < -0.4 is 4.72 Å². The molecule has 0 saturated carbocycles. The molecule has 4 atom stereocenters. The summed E-state index contributed by atoms with van der Waals surface area (Å²) in [5, 5.41) is 0. The maximum atomic E-state index is 12.3. The first kappa shape index (κ1) is 22.7. The van der Waals surface area contributed by atoms with E-state index in [4.69, 9.17) is 27.9 Å². The lowest BCUT2D eigenvalue weighted by molar-refractivity contribution is -0.290. The molecule has 3 fully saturated rings. The quantitative estimate of drug-likeness (QED) is 0.638. The van der Waals surface area contributed by atoms with Crippen molar-refractivity contribution in [1.29, 1.82) is 0 Å². The number of carbonyl (C=O) groups excluding carboxylic acids is 1. The predicted molar refractivity (Wildman–Crippen MR) is 98.9 cm³/mol. The molecule has 3 saturated heterocycles. The third-order valence-corrected chi connectivity index (χ3v) is 5.81. The molecule has 3 heterocycles. The van der Waals surface area contributed by atoms with E-state index in [1.54, 1.807) is 41.5 Å². The fourth-order valence-electron chi connectivity index (χ4n) is 3.82. The van der Waals surface area contributed by atoms with Crippen LogP contribution in [0.2, 0.25) is 0 Å². The van der Waals surface area contributed by atoms with Gasteiger partial charge in [0.25, 0.3) is 0 Å². The third-order valence-electron chi connectivity index (χ3n) is 4.95. The number of hydrogen-bond donors (Lipinski definition) is 1. The Hall–Kier alpha value is -1.02. The second-order valence-corrected chi connectivity index (χ2v) is 9.45. The van der Waals surface area contributed by atoms with E-state index in [0.717, 1.165) is 0 Å². The van der Waals surface area contributed by atoms with Crippen molar-refractivity contribution >= 4 is 16.3 Å². The number of rotatable bonds is 6. The Labute approximate surface area is 171 Å². The Morgan fingerprint density at radius 1 is 1.10 bits per heavy atom. The highest BCUT2D eigenvalue weighted by Gasteiger charge is 2.65. The first-order chi connectivity index (χ1) is 13.3. The molecule has 0 bridgehead atoms. The van der Waals surface area contributed by atoms with Crippen LogP contribution in [0.3, 0.4) is 0 Å². The molecule has 3 rings (SSSR count). The fraction of sp³-hybridized carbons (Fsp3) is 0.941. The summed E-state index contributed by atoms with van der Waals surface area (Å²) in [5.74, 6) is -3.43. The van der Waals surface area contributed by atoms with Crippen molar-refractivity contribution in [3.63, 3.8) is 0 Å². The van der Waals surface area contributed by atoms with Gasteiger partial charge in [-0.15, -0.1) is 0 Å². The summed E-state index contributed by atoms with van der Waals surface area (Å²) in [5.41, 5.74) is 0. The lowest BCUT2D eigenvalue weighted by Gasteiger charge is -2.40. The predicted octanol–water partition coefficient (Wildman–Crippen LogP) is 0.697. The first-order valence-electron chi connectivity index (χ1n) is 9.65. The van der Waals surface area contributed by atoms with E-state index >= 15 is 0 Å². The number of urea groups is 1. The molecule has 2 amide bonds. The van der Waals surface area contributed by atoms with Gasteiger partial charge >= 0.3 is 16.3 Å². The summed E-state index contributed by atoms with van der Waals surface area (Å²) in [6.45, 7) is 10.7. The van der Waals surface area contributed by atoms with E-state index in [2.05, 4.69) is 0 Å². The summed E-state index contributed by atoms with van der Waals surface area (Å²) in [7, 11) is -4.40. The summed E-state index contributed by atoms with van der Waals surface area (Å²) in [6.07, 6.45) is -1.71. The maximum absolute atomic E-state index is 12.3. The number of nitrogens with zero attached hydrogens (tertiary/aromatic N) is 1. The molecule has 0 aromatic carbocycles. The monoisotopic (exact) mass is 438 g/mol. The molecular weight excluding hydrogens is 408 g/mol. The second-order valence-electron chi connectivity index (χ2n) is 8.10. The van der Waals surface area contributed by atoms with Crippen molar-refractivity contribution in [1.82, 2.24) is 9.62 Å². The largest absolute Gasteiger partial charge is 0.363 e. The zero-order valence-electron chi connectivity index (χ0n) is 17.6. The van der Waals surface area contributed by atoms with Gasteiger partial charge in [-0.25, -0.2) is 13.7 Å². The van der Waals surface area contributed by atoms with E-state index in [0.29, 0.717) is 13.1 Å². The first-order valence-corrected chi connectivity index (χ1v) is 11.1. The highest BCUT2D eigenvalue weighted by atomic mass is 32.2. The molecule has 12 heteroatoms. The summed E-state index contributed by atoms with van der Waals surface area (Å²) in [6, 6.07) is -0.771. The molecule has 3 aliphatic heterocycles. The molecule has 29 heavy (non-hydrogen) atoms. The van der Waals surface area contributed by atoms with E-state index in [1.807, 2.05) is 4.72 Å². The standard InChI is InChI=1S/C17H30N2O9S/c1-7-19(8-2)14(20)18-29(21,22)24-10-17-13(27-16(5,6)28-17)12-11(9-23-17)25-15(3,4)26-12/h11-13H,7-10H2,1-6H3,(H,18,20)/t11-,12-,13+,17+/m0/s1. The minimum atomic E-state index is -4.40. The Morgan fingerprint density at radius 3 is 2.38 bits per heavy atom. The molecule has 0 aromatic heterocycles. The molecule has 168 valence electrons. The van der Waals surface area contributed by atoms with Crippen LogP contribution in [-0.2, 0) is 38.2 Å². The second kappa shape index (κ2) is 7.59. The Balaban J connectivity index is 1.74. The fourth-order valence-corrected chi connectivity index (χ4v) is 4.54. The topological polar surface area (TPSA) is 122 Å². The minimum absolute atomic E-state index is 0.110. The highest BCUT2D eigenvalue weighted by Crippen LogP contribution is 2.47. The number of nitrogens with one attached hydrogen (secondary N) is 1. The normalized spacial score (nSPS) is 35.0.